The van der Waals surface area contributed by atoms with E-state index in [1.54, 1.807) is 7.05 Å². The van der Waals surface area contributed by atoms with E-state index in [1.807, 2.05) is 58.9 Å². The van der Waals surface area contributed by atoms with Gasteiger partial charge in [-0.1, -0.05) is 17.7 Å². The lowest BCUT2D eigenvalue weighted by molar-refractivity contribution is -0.121. The van der Waals surface area contributed by atoms with Crippen molar-refractivity contribution in [1.29, 1.82) is 0 Å². The number of guanidine groups is 1. The predicted octanol–water partition coefficient (Wildman–Crippen LogP) is 1.84. The fourth-order valence-electron chi connectivity index (χ4n) is 1.98. The lowest BCUT2D eigenvalue weighted by Crippen LogP contribution is -2.49. The Bertz CT molecular complexity index is 547. The van der Waals surface area contributed by atoms with Crippen LogP contribution in [0, 0.1) is 6.92 Å². The van der Waals surface area contributed by atoms with Gasteiger partial charge in [-0.05, 0) is 46.8 Å². The van der Waals surface area contributed by atoms with Crippen LogP contribution < -0.4 is 20.7 Å². The molecule has 6 heteroatoms. The van der Waals surface area contributed by atoms with Gasteiger partial charge >= 0.3 is 0 Å². The van der Waals surface area contributed by atoms with Gasteiger partial charge in [-0.3, -0.25) is 9.79 Å². The summed E-state index contributed by atoms with van der Waals surface area (Å²) in [6, 6.07) is 7.94. The standard InChI is InChI=1S/C18H30N4O2/c1-13-7-9-15(10-8-13)24-14(2)11-20-17(19-6)21-12-16(23)22-18(3,4)5/h7-10,14H,11-12H2,1-6H3,(H,22,23)(H2,19,20,21). The second kappa shape index (κ2) is 9.15. The number of carbonyl (C=O) groups excluding carboxylic acids is 1. The summed E-state index contributed by atoms with van der Waals surface area (Å²) in [5, 5.41) is 9.03. The van der Waals surface area contributed by atoms with Crippen molar-refractivity contribution in [2.75, 3.05) is 20.1 Å². The Hall–Kier alpha value is -2.24. The van der Waals surface area contributed by atoms with Crippen molar-refractivity contribution in [3.63, 3.8) is 0 Å². The molecule has 0 heterocycles. The Morgan fingerprint density at radius 1 is 1.21 bits per heavy atom. The maximum absolute atomic E-state index is 11.8. The van der Waals surface area contributed by atoms with Crippen LogP contribution in [0.15, 0.2) is 29.3 Å². The second-order valence-electron chi connectivity index (χ2n) is 6.85. The van der Waals surface area contributed by atoms with Crippen molar-refractivity contribution in [2.24, 2.45) is 4.99 Å². The van der Waals surface area contributed by atoms with E-state index in [9.17, 15) is 4.79 Å². The number of amides is 1. The molecule has 1 unspecified atom stereocenters. The predicted molar refractivity (Wildman–Crippen MR) is 98.5 cm³/mol. The van der Waals surface area contributed by atoms with Gasteiger partial charge in [0.05, 0.1) is 13.1 Å². The number of nitrogens with zero attached hydrogens (tertiary/aromatic N) is 1. The van der Waals surface area contributed by atoms with Crippen LogP contribution in [0.3, 0.4) is 0 Å². The zero-order valence-corrected chi connectivity index (χ0v) is 15.6. The highest BCUT2D eigenvalue weighted by atomic mass is 16.5. The van der Waals surface area contributed by atoms with Gasteiger partial charge in [0.1, 0.15) is 11.9 Å². The van der Waals surface area contributed by atoms with Gasteiger partial charge in [0, 0.05) is 12.6 Å². The maximum atomic E-state index is 11.8. The molecule has 1 aromatic carbocycles. The number of aliphatic imine (C=N–C) groups is 1. The molecule has 0 bridgehead atoms. The number of ether oxygens (including phenoxy) is 1. The summed E-state index contributed by atoms with van der Waals surface area (Å²) in [6.45, 7) is 10.6. The van der Waals surface area contributed by atoms with E-state index in [0.29, 0.717) is 12.5 Å². The normalized spacial score (nSPS) is 13.2. The third kappa shape index (κ3) is 8.41. The highest BCUT2D eigenvalue weighted by Gasteiger charge is 2.14. The molecule has 0 aliphatic carbocycles. The molecule has 0 spiro atoms. The molecule has 3 N–H and O–H groups in total. The molecular formula is C18H30N4O2. The Morgan fingerprint density at radius 2 is 1.83 bits per heavy atom. The zero-order valence-electron chi connectivity index (χ0n) is 15.6. The number of hydrogen-bond donors (Lipinski definition) is 3. The minimum absolute atomic E-state index is 0.0327. The molecule has 0 aliphatic rings. The first-order chi connectivity index (χ1) is 11.2. The smallest absolute Gasteiger partial charge is 0.239 e. The molecule has 6 nitrogen and oxygen atoms in total. The minimum Gasteiger partial charge on any atom is -0.489 e. The van der Waals surface area contributed by atoms with Crippen LogP contribution >= 0.6 is 0 Å². The van der Waals surface area contributed by atoms with Gasteiger partial charge in [-0.2, -0.15) is 0 Å². The minimum atomic E-state index is -0.244. The molecule has 1 aromatic rings. The molecule has 1 rings (SSSR count). The number of hydrogen-bond acceptors (Lipinski definition) is 3. The third-order valence-corrected chi connectivity index (χ3v) is 3.07. The van der Waals surface area contributed by atoms with Crippen molar-refractivity contribution in [3.05, 3.63) is 29.8 Å². The average Bonchev–Trinajstić information content (AvgIpc) is 2.48. The van der Waals surface area contributed by atoms with E-state index in [-0.39, 0.29) is 24.1 Å². The van der Waals surface area contributed by atoms with Crippen molar-refractivity contribution in [1.82, 2.24) is 16.0 Å². The van der Waals surface area contributed by atoms with Crippen LogP contribution in [0.2, 0.25) is 0 Å². The lowest BCUT2D eigenvalue weighted by Gasteiger charge is -2.21. The topological polar surface area (TPSA) is 74.8 Å². The van der Waals surface area contributed by atoms with E-state index >= 15 is 0 Å². The molecule has 0 radical (unpaired) electrons. The van der Waals surface area contributed by atoms with Crippen LogP contribution in [-0.4, -0.2) is 43.6 Å². The van der Waals surface area contributed by atoms with Crippen LogP contribution in [0.4, 0.5) is 0 Å². The Morgan fingerprint density at radius 3 is 2.38 bits per heavy atom. The van der Waals surface area contributed by atoms with Gasteiger partial charge in [0.15, 0.2) is 5.96 Å². The molecule has 1 atom stereocenters. The van der Waals surface area contributed by atoms with Crippen LogP contribution in [0.5, 0.6) is 5.75 Å². The van der Waals surface area contributed by atoms with Gasteiger partial charge in [0.2, 0.25) is 5.91 Å². The van der Waals surface area contributed by atoms with E-state index in [4.69, 9.17) is 4.74 Å². The zero-order chi connectivity index (χ0) is 18.2. The van der Waals surface area contributed by atoms with Gasteiger partial charge in [-0.25, -0.2) is 0 Å². The monoisotopic (exact) mass is 334 g/mol. The van der Waals surface area contributed by atoms with E-state index in [1.165, 1.54) is 5.56 Å². The molecule has 134 valence electrons. The van der Waals surface area contributed by atoms with Gasteiger partial charge < -0.3 is 20.7 Å². The number of carbonyl (C=O) groups is 1. The first-order valence-corrected chi connectivity index (χ1v) is 8.18. The third-order valence-electron chi connectivity index (χ3n) is 3.07. The molecule has 0 fully saturated rings. The summed E-state index contributed by atoms with van der Waals surface area (Å²) >= 11 is 0. The molecule has 24 heavy (non-hydrogen) atoms. The molecular weight excluding hydrogens is 304 g/mol. The van der Waals surface area contributed by atoms with Crippen LogP contribution in [0.1, 0.15) is 33.3 Å². The summed E-state index contributed by atoms with van der Waals surface area (Å²) < 4.78 is 5.83. The fourth-order valence-corrected chi connectivity index (χ4v) is 1.98. The number of benzene rings is 1. The lowest BCUT2D eigenvalue weighted by atomic mass is 10.1. The van der Waals surface area contributed by atoms with Crippen molar-refractivity contribution >= 4 is 11.9 Å². The quantitative estimate of drug-likeness (QED) is 0.548. The van der Waals surface area contributed by atoms with E-state index in [2.05, 4.69) is 20.9 Å². The Balaban J connectivity index is 2.35. The molecule has 0 saturated carbocycles. The van der Waals surface area contributed by atoms with Gasteiger partial charge in [0.25, 0.3) is 0 Å². The molecule has 0 saturated heterocycles. The largest absolute Gasteiger partial charge is 0.489 e. The van der Waals surface area contributed by atoms with Crippen LogP contribution in [0.25, 0.3) is 0 Å². The maximum Gasteiger partial charge on any atom is 0.239 e. The fraction of sp³-hybridized carbons (Fsp3) is 0.556. The molecule has 0 aliphatic heterocycles. The van der Waals surface area contributed by atoms with Crippen LogP contribution in [-0.2, 0) is 4.79 Å². The van der Waals surface area contributed by atoms with Crippen molar-refractivity contribution < 1.29 is 9.53 Å². The van der Waals surface area contributed by atoms with Crippen molar-refractivity contribution in [2.45, 2.75) is 46.3 Å². The highest BCUT2D eigenvalue weighted by Crippen LogP contribution is 2.12. The molecule has 1 amide bonds. The number of nitrogens with one attached hydrogen (secondary N) is 3. The second-order valence-corrected chi connectivity index (χ2v) is 6.85. The van der Waals surface area contributed by atoms with E-state index < -0.39 is 0 Å². The average molecular weight is 334 g/mol. The summed E-state index contributed by atoms with van der Waals surface area (Å²) in [6.07, 6.45) is -0.0327. The summed E-state index contributed by atoms with van der Waals surface area (Å²) in [4.78, 5) is 15.9. The molecule has 0 aromatic heterocycles. The Labute approximate surface area is 145 Å². The Kier molecular flexibility index (Phi) is 7.55. The van der Waals surface area contributed by atoms with Gasteiger partial charge in [-0.15, -0.1) is 0 Å². The SMILES string of the molecule is CN=C(NCC(=O)NC(C)(C)C)NCC(C)Oc1ccc(C)cc1. The number of rotatable bonds is 6. The first kappa shape index (κ1) is 19.8. The first-order valence-electron chi connectivity index (χ1n) is 8.18. The van der Waals surface area contributed by atoms with E-state index in [0.717, 1.165) is 5.75 Å². The summed E-state index contributed by atoms with van der Waals surface area (Å²) in [5.74, 6) is 1.33. The summed E-state index contributed by atoms with van der Waals surface area (Å²) in [5.41, 5.74) is 0.956. The number of aryl methyl sites for hydroxylation is 1. The van der Waals surface area contributed by atoms with Crippen molar-refractivity contribution in [3.8, 4) is 5.75 Å². The summed E-state index contributed by atoms with van der Waals surface area (Å²) in [7, 11) is 1.67. The highest BCUT2D eigenvalue weighted by molar-refractivity contribution is 5.86.